The highest BCUT2D eigenvalue weighted by Crippen LogP contribution is 2.11. The summed E-state index contributed by atoms with van der Waals surface area (Å²) < 4.78 is 0. The molecule has 0 aliphatic rings. The zero-order valence-electron chi connectivity index (χ0n) is 9.42. The Morgan fingerprint density at radius 2 is 2.14 bits per heavy atom. The van der Waals surface area contributed by atoms with Crippen molar-refractivity contribution < 1.29 is 0 Å². The summed E-state index contributed by atoms with van der Waals surface area (Å²) in [5, 5.41) is 5.78. The number of hydrogen-bond acceptors (Lipinski definition) is 2. The maximum Gasteiger partial charge on any atom is 0.00894 e. The van der Waals surface area contributed by atoms with Crippen molar-refractivity contribution in [1.82, 2.24) is 5.32 Å². The Morgan fingerprint density at radius 3 is 2.71 bits per heavy atom. The minimum Gasteiger partial charge on any atom is -0.311 e. The van der Waals surface area contributed by atoms with Crippen LogP contribution in [-0.4, -0.2) is 12.1 Å². The van der Waals surface area contributed by atoms with Gasteiger partial charge in [-0.25, -0.2) is 0 Å². The van der Waals surface area contributed by atoms with Gasteiger partial charge in [-0.2, -0.15) is 0 Å². The molecule has 0 bridgehead atoms. The van der Waals surface area contributed by atoms with E-state index in [-0.39, 0.29) is 0 Å². The fourth-order valence-corrected chi connectivity index (χ4v) is 2.63. The first kappa shape index (κ1) is 11.7. The smallest absolute Gasteiger partial charge is 0.00894 e. The highest BCUT2D eigenvalue weighted by Gasteiger charge is 2.07. The van der Waals surface area contributed by atoms with Gasteiger partial charge in [-0.3, -0.25) is 0 Å². The standard InChI is InChI=1S/C12H21NS/c1-4-6-10(2)13-11(3)9-12-7-5-8-14-12/h5,7-8,10-11,13H,4,6,9H2,1-3H3. The fourth-order valence-electron chi connectivity index (χ4n) is 1.79. The first-order valence-corrected chi connectivity index (χ1v) is 6.38. The Hall–Kier alpha value is -0.340. The van der Waals surface area contributed by atoms with Gasteiger partial charge in [-0.1, -0.05) is 19.4 Å². The molecule has 0 spiro atoms. The lowest BCUT2D eigenvalue weighted by Crippen LogP contribution is -2.35. The van der Waals surface area contributed by atoms with Gasteiger partial charge < -0.3 is 5.32 Å². The first-order chi connectivity index (χ1) is 6.72. The lowest BCUT2D eigenvalue weighted by molar-refractivity contribution is 0.442. The molecule has 0 amide bonds. The first-order valence-electron chi connectivity index (χ1n) is 5.50. The maximum atomic E-state index is 3.63. The molecule has 14 heavy (non-hydrogen) atoms. The number of hydrogen-bond donors (Lipinski definition) is 1. The predicted molar refractivity (Wildman–Crippen MR) is 65.0 cm³/mol. The molecule has 0 saturated carbocycles. The minimum absolute atomic E-state index is 0.593. The van der Waals surface area contributed by atoms with E-state index in [4.69, 9.17) is 0 Å². The van der Waals surface area contributed by atoms with E-state index in [2.05, 4.69) is 43.6 Å². The molecule has 1 nitrogen and oxygen atoms in total. The largest absolute Gasteiger partial charge is 0.311 e. The summed E-state index contributed by atoms with van der Waals surface area (Å²) in [6.07, 6.45) is 3.69. The molecule has 1 rings (SSSR count). The van der Waals surface area contributed by atoms with Gasteiger partial charge in [0.1, 0.15) is 0 Å². The highest BCUT2D eigenvalue weighted by atomic mass is 32.1. The van der Waals surface area contributed by atoms with Gasteiger partial charge in [0.05, 0.1) is 0 Å². The van der Waals surface area contributed by atoms with Crippen LogP contribution < -0.4 is 5.32 Å². The Labute approximate surface area is 91.5 Å². The average molecular weight is 211 g/mol. The van der Waals surface area contributed by atoms with E-state index in [1.54, 1.807) is 0 Å². The van der Waals surface area contributed by atoms with Crippen LogP contribution in [0.1, 0.15) is 38.5 Å². The minimum atomic E-state index is 0.593. The molecule has 2 unspecified atom stereocenters. The lowest BCUT2D eigenvalue weighted by Gasteiger charge is -2.18. The molecule has 0 saturated heterocycles. The van der Waals surface area contributed by atoms with Crippen molar-refractivity contribution in [3.63, 3.8) is 0 Å². The molecule has 0 radical (unpaired) electrons. The van der Waals surface area contributed by atoms with E-state index in [9.17, 15) is 0 Å². The second-order valence-electron chi connectivity index (χ2n) is 4.04. The van der Waals surface area contributed by atoms with Gasteiger partial charge >= 0.3 is 0 Å². The second kappa shape index (κ2) is 6.20. The predicted octanol–water partition coefficient (Wildman–Crippen LogP) is 3.46. The van der Waals surface area contributed by atoms with E-state index in [0.29, 0.717) is 12.1 Å². The SMILES string of the molecule is CCCC(C)NC(C)Cc1cccs1. The molecule has 0 fully saturated rings. The van der Waals surface area contributed by atoms with Crippen LogP contribution in [0.3, 0.4) is 0 Å². The third kappa shape index (κ3) is 4.25. The van der Waals surface area contributed by atoms with E-state index in [1.165, 1.54) is 17.7 Å². The topological polar surface area (TPSA) is 12.0 Å². The number of rotatable bonds is 6. The van der Waals surface area contributed by atoms with E-state index in [1.807, 2.05) is 11.3 Å². The highest BCUT2D eigenvalue weighted by molar-refractivity contribution is 7.09. The summed E-state index contributed by atoms with van der Waals surface area (Å²) in [6, 6.07) is 5.58. The molecular formula is C12H21NS. The molecule has 0 aliphatic carbocycles. The van der Waals surface area contributed by atoms with Crippen LogP contribution in [-0.2, 0) is 6.42 Å². The van der Waals surface area contributed by atoms with Gasteiger partial charge in [0.2, 0.25) is 0 Å². The third-order valence-electron chi connectivity index (χ3n) is 2.38. The van der Waals surface area contributed by atoms with Crippen LogP contribution in [0.5, 0.6) is 0 Å². The fraction of sp³-hybridized carbons (Fsp3) is 0.667. The van der Waals surface area contributed by atoms with Gasteiger partial charge in [0.25, 0.3) is 0 Å². The van der Waals surface area contributed by atoms with Crippen molar-refractivity contribution in [2.45, 2.75) is 52.1 Å². The molecule has 1 N–H and O–H groups in total. The van der Waals surface area contributed by atoms with E-state index >= 15 is 0 Å². The zero-order valence-corrected chi connectivity index (χ0v) is 10.2. The number of thiophene rings is 1. The molecule has 1 aromatic rings. The van der Waals surface area contributed by atoms with Gasteiger partial charge in [-0.05, 0) is 38.1 Å². The molecule has 80 valence electrons. The summed E-state index contributed by atoms with van der Waals surface area (Å²) in [5.74, 6) is 0. The summed E-state index contributed by atoms with van der Waals surface area (Å²) >= 11 is 1.85. The summed E-state index contributed by atoms with van der Waals surface area (Å²) in [7, 11) is 0. The zero-order chi connectivity index (χ0) is 10.4. The maximum absolute atomic E-state index is 3.63. The average Bonchev–Trinajstić information content (AvgIpc) is 2.56. The Bertz CT molecular complexity index is 230. The molecule has 0 aliphatic heterocycles. The monoisotopic (exact) mass is 211 g/mol. The van der Waals surface area contributed by atoms with Crippen LogP contribution in [0.4, 0.5) is 0 Å². The molecule has 1 aromatic heterocycles. The molecule has 1 heterocycles. The van der Waals surface area contributed by atoms with Crippen molar-refractivity contribution in [3.8, 4) is 0 Å². The molecule has 0 aromatic carbocycles. The van der Waals surface area contributed by atoms with Crippen molar-refractivity contribution in [2.75, 3.05) is 0 Å². The lowest BCUT2D eigenvalue weighted by atomic mass is 10.1. The second-order valence-corrected chi connectivity index (χ2v) is 5.07. The molecule has 2 heteroatoms. The van der Waals surface area contributed by atoms with E-state index in [0.717, 1.165) is 6.42 Å². The Morgan fingerprint density at radius 1 is 1.36 bits per heavy atom. The van der Waals surface area contributed by atoms with Crippen molar-refractivity contribution >= 4 is 11.3 Å². The Balaban J connectivity index is 2.25. The third-order valence-corrected chi connectivity index (χ3v) is 3.28. The number of nitrogens with one attached hydrogen (secondary N) is 1. The summed E-state index contributed by atoms with van der Waals surface area (Å²) in [4.78, 5) is 1.48. The van der Waals surface area contributed by atoms with Gasteiger partial charge in [0, 0.05) is 17.0 Å². The summed E-state index contributed by atoms with van der Waals surface area (Å²) in [6.45, 7) is 6.78. The van der Waals surface area contributed by atoms with Gasteiger partial charge in [0.15, 0.2) is 0 Å². The van der Waals surface area contributed by atoms with Crippen LogP contribution in [0, 0.1) is 0 Å². The van der Waals surface area contributed by atoms with Crippen molar-refractivity contribution in [2.24, 2.45) is 0 Å². The quantitative estimate of drug-likeness (QED) is 0.760. The van der Waals surface area contributed by atoms with E-state index < -0.39 is 0 Å². The Kier molecular flexibility index (Phi) is 5.20. The van der Waals surface area contributed by atoms with Crippen molar-refractivity contribution in [3.05, 3.63) is 22.4 Å². The van der Waals surface area contributed by atoms with Crippen LogP contribution in [0.15, 0.2) is 17.5 Å². The van der Waals surface area contributed by atoms with Crippen molar-refractivity contribution in [1.29, 1.82) is 0 Å². The summed E-state index contributed by atoms with van der Waals surface area (Å²) in [5.41, 5.74) is 0. The van der Waals surface area contributed by atoms with Crippen LogP contribution in [0.25, 0.3) is 0 Å². The molecule has 2 atom stereocenters. The van der Waals surface area contributed by atoms with Gasteiger partial charge in [-0.15, -0.1) is 11.3 Å². The van der Waals surface area contributed by atoms with Crippen LogP contribution >= 0.6 is 11.3 Å². The van der Waals surface area contributed by atoms with Crippen LogP contribution in [0.2, 0.25) is 0 Å². The molecular weight excluding hydrogens is 190 g/mol. The normalized spacial score (nSPS) is 15.4.